The van der Waals surface area contributed by atoms with Crippen LogP contribution in [0.5, 0.6) is 5.75 Å². The first-order valence-corrected chi connectivity index (χ1v) is 19.1. The zero-order valence-corrected chi connectivity index (χ0v) is 35.5. The van der Waals surface area contributed by atoms with E-state index in [9.17, 15) is 14.7 Å². The van der Waals surface area contributed by atoms with Gasteiger partial charge in [-0.2, -0.15) is 0 Å². The van der Waals surface area contributed by atoms with Crippen molar-refractivity contribution in [2.24, 2.45) is 5.92 Å². The SMILES string of the molecule is CCCCC(c1cc(C(C)(C)C)c(O)c(C(C)(C)C)c1)C(C=O)C(=O)OC1CC(C)(C)N(C)C(C)(C)C1.COC1CC(C)(C)N(C)C(C)(C)C1. The third-order valence-electron chi connectivity index (χ3n) is 12.1. The Hall–Kier alpha value is -1.96. The summed E-state index contributed by atoms with van der Waals surface area (Å²) in [6.45, 7) is 32.5. The highest BCUT2D eigenvalue weighted by molar-refractivity contribution is 5.89. The molecule has 7 heteroatoms. The molecule has 0 spiro atoms. The van der Waals surface area contributed by atoms with Crippen molar-refractivity contribution in [2.75, 3.05) is 21.2 Å². The Morgan fingerprint density at radius 2 is 1.20 bits per heavy atom. The van der Waals surface area contributed by atoms with Crippen molar-refractivity contribution in [3.63, 3.8) is 0 Å². The highest BCUT2D eigenvalue weighted by Gasteiger charge is 2.46. The zero-order chi connectivity index (χ0) is 38.8. The van der Waals surface area contributed by atoms with Crippen LogP contribution in [0.3, 0.4) is 0 Å². The number of methoxy groups -OCH3 is 1. The number of carbonyl (C=O) groups is 2. The van der Waals surface area contributed by atoms with Gasteiger partial charge in [-0.05, 0) is 116 Å². The quantitative estimate of drug-likeness (QED) is 0.156. The number of phenolic OH excluding ortho intramolecular Hbond substituents is 1. The predicted molar refractivity (Wildman–Crippen MR) is 208 cm³/mol. The summed E-state index contributed by atoms with van der Waals surface area (Å²) >= 11 is 0. The van der Waals surface area contributed by atoms with Gasteiger partial charge >= 0.3 is 5.97 Å². The number of aromatic hydroxyl groups is 1. The summed E-state index contributed by atoms with van der Waals surface area (Å²) in [6, 6.07) is 4.02. The smallest absolute Gasteiger partial charge is 0.317 e. The third-order valence-corrected chi connectivity index (χ3v) is 12.1. The molecule has 0 saturated carbocycles. The van der Waals surface area contributed by atoms with Crippen LogP contribution in [0.15, 0.2) is 12.1 Å². The molecule has 2 aliphatic rings. The molecule has 2 unspecified atom stereocenters. The summed E-state index contributed by atoms with van der Waals surface area (Å²) in [4.78, 5) is 31.0. The van der Waals surface area contributed by atoms with Crippen molar-refractivity contribution in [3.8, 4) is 5.75 Å². The summed E-state index contributed by atoms with van der Waals surface area (Å²) in [6.07, 6.45) is 7.24. The molecule has 2 aliphatic heterocycles. The van der Waals surface area contributed by atoms with Gasteiger partial charge < -0.3 is 19.4 Å². The summed E-state index contributed by atoms with van der Waals surface area (Å²) < 4.78 is 11.6. The van der Waals surface area contributed by atoms with Crippen LogP contribution in [-0.4, -0.2) is 82.7 Å². The fourth-order valence-electron chi connectivity index (χ4n) is 8.36. The van der Waals surface area contributed by atoms with Gasteiger partial charge in [-0.3, -0.25) is 14.6 Å². The topological polar surface area (TPSA) is 79.3 Å². The highest BCUT2D eigenvalue weighted by atomic mass is 16.5. The number of ether oxygens (including phenoxy) is 2. The van der Waals surface area contributed by atoms with E-state index < -0.39 is 11.9 Å². The van der Waals surface area contributed by atoms with Crippen LogP contribution in [0.25, 0.3) is 0 Å². The van der Waals surface area contributed by atoms with Gasteiger partial charge in [-0.25, -0.2) is 0 Å². The molecule has 1 aromatic rings. The Labute approximate surface area is 307 Å². The Balaban J connectivity index is 0.000000557. The normalized spacial score (nSPS) is 22.6. The number of benzene rings is 1. The van der Waals surface area contributed by atoms with Crippen LogP contribution < -0.4 is 0 Å². The second-order valence-corrected chi connectivity index (χ2v) is 20.0. The van der Waals surface area contributed by atoms with E-state index in [4.69, 9.17) is 9.47 Å². The Kier molecular flexibility index (Phi) is 14.1. The highest BCUT2D eigenvalue weighted by Crippen LogP contribution is 2.44. The first kappa shape index (κ1) is 44.2. The molecule has 3 rings (SSSR count). The molecule has 288 valence electrons. The number of rotatable bonds is 9. The average Bonchev–Trinajstić information content (AvgIpc) is 2.95. The number of likely N-dealkylation sites (tertiary alicyclic amines) is 2. The van der Waals surface area contributed by atoms with Crippen LogP contribution in [0, 0.1) is 5.92 Å². The Morgan fingerprint density at radius 3 is 1.52 bits per heavy atom. The molecule has 7 nitrogen and oxygen atoms in total. The van der Waals surface area contributed by atoms with Crippen LogP contribution >= 0.6 is 0 Å². The fraction of sp³-hybridized carbons (Fsp3) is 0.814. The van der Waals surface area contributed by atoms with Crippen molar-refractivity contribution in [2.45, 2.75) is 200 Å². The number of piperidine rings is 2. The van der Waals surface area contributed by atoms with Gasteiger partial charge in [0.15, 0.2) is 0 Å². The molecule has 0 aliphatic carbocycles. The molecular formula is C43H76N2O5. The second-order valence-electron chi connectivity index (χ2n) is 20.0. The first-order valence-electron chi connectivity index (χ1n) is 19.1. The Morgan fingerprint density at radius 1 is 0.820 bits per heavy atom. The van der Waals surface area contributed by atoms with E-state index in [2.05, 4.69) is 128 Å². The summed E-state index contributed by atoms with van der Waals surface area (Å²) in [7, 11) is 6.16. The minimum absolute atomic E-state index is 0.120. The molecule has 1 aromatic carbocycles. The molecule has 0 aromatic heterocycles. The van der Waals surface area contributed by atoms with Crippen molar-refractivity contribution in [1.29, 1.82) is 0 Å². The Bertz CT molecular complexity index is 1230. The van der Waals surface area contributed by atoms with Crippen LogP contribution in [0.1, 0.15) is 171 Å². The molecular weight excluding hydrogens is 624 g/mol. The van der Waals surface area contributed by atoms with Gasteiger partial charge in [0.25, 0.3) is 0 Å². The lowest BCUT2D eigenvalue weighted by molar-refractivity contribution is -0.164. The minimum Gasteiger partial charge on any atom is -0.507 e. The number of carbonyl (C=O) groups excluding carboxylic acids is 2. The lowest BCUT2D eigenvalue weighted by Gasteiger charge is -2.53. The van der Waals surface area contributed by atoms with Crippen LogP contribution in [0.4, 0.5) is 0 Å². The average molecular weight is 701 g/mol. The van der Waals surface area contributed by atoms with Crippen molar-refractivity contribution in [3.05, 3.63) is 28.8 Å². The van der Waals surface area contributed by atoms with E-state index in [1.807, 2.05) is 19.2 Å². The summed E-state index contributed by atoms with van der Waals surface area (Å²) in [5, 5.41) is 11.2. The van der Waals surface area contributed by atoms with E-state index in [0.29, 0.717) is 18.3 Å². The molecule has 2 atom stereocenters. The van der Waals surface area contributed by atoms with E-state index in [-0.39, 0.29) is 45.0 Å². The van der Waals surface area contributed by atoms with E-state index in [1.54, 1.807) is 0 Å². The molecule has 0 radical (unpaired) electrons. The zero-order valence-electron chi connectivity index (χ0n) is 35.5. The monoisotopic (exact) mass is 701 g/mol. The first-order chi connectivity index (χ1) is 22.6. The van der Waals surface area contributed by atoms with E-state index in [1.165, 1.54) is 0 Å². The molecule has 2 fully saturated rings. The van der Waals surface area contributed by atoms with Crippen molar-refractivity contribution in [1.82, 2.24) is 9.80 Å². The van der Waals surface area contributed by atoms with Gasteiger partial charge in [0.1, 0.15) is 24.1 Å². The van der Waals surface area contributed by atoms with Gasteiger partial charge in [0.05, 0.1) is 6.10 Å². The van der Waals surface area contributed by atoms with Crippen LogP contribution in [-0.2, 0) is 29.9 Å². The summed E-state index contributed by atoms with van der Waals surface area (Å²) in [5.74, 6) is -1.32. The number of hydrogen-bond donors (Lipinski definition) is 1. The second kappa shape index (κ2) is 16.0. The number of esters is 1. The van der Waals surface area contributed by atoms with Crippen molar-refractivity contribution < 1.29 is 24.2 Å². The van der Waals surface area contributed by atoms with E-state index in [0.717, 1.165) is 61.5 Å². The lowest BCUT2D eigenvalue weighted by atomic mass is 9.74. The van der Waals surface area contributed by atoms with Gasteiger partial charge in [0.2, 0.25) is 0 Å². The minimum atomic E-state index is -0.886. The molecule has 2 heterocycles. The maximum absolute atomic E-state index is 13.6. The molecule has 50 heavy (non-hydrogen) atoms. The van der Waals surface area contributed by atoms with Gasteiger partial charge in [-0.1, -0.05) is 73.4 Å². The molecule has 2 saturated heterocycles. The lowest BCUT2D eigenvalue weighted by Crippen LogP contribution is -2.60. The fourth-order valence-corrected chi connectivity index (χ4v) is 8.36. The number of nitrogens with zero attached hydrogens (tertiary/aromatic N) is 2. The number of unbranched alkanes of at least 4 members (excludes halogenated alkanes) is 1. The largest absolute Gasteiger partial charge is 0.507 e. The van der Waals surface area contributed by atoms with Crippen LogP contribution in [0.2, 0.25) is 0 Å². The maximum Gasteiger partial charge on any atom is 0.317 e. The molecule has 0 bridgehead atoms. The van der Waals surface area contributed by atoms with E-state index >= 15 is 0 Å². The standard InChI is InChI=1S/C32H53NO4.C11H23NO/c1-13-14-15-23(21-16-25(29(2,3)4)27(35)26(17-21)30(5,6)7)24(20-34)28(36)37-22-18-31(8,9)33(12)32(10,11)19-22;1-10(2)7-9(13-6)8-11(3,4)12(10)5/h16-17,20,22-24,35H,13-15,18-19H2,1-12H3;9H,7-8H2,1-6H3. The summed E-state index contributed by atoms with van der Waals surface area (Å²) in [5.41, 5.74) is 2.29. The van der Waals surface area contributed by atoms with Crippen molar-refractivity contribution >= 4 is 12.3 Å². The molecule has 0 amide bonds. The number of aldehydes is 1. The number of hydrogen-bond acceptors (Lipinski definition) is 7. The van der Waals surface area contributed by atoms with Gasteiger partial charge in [-0.15, -0.1) is 0 Å². The molecule has 1 N–H and O–H groups in total. The van der Waals surface area contributed by atoms with Gasteiger partial charge in [0, 0.05) is 48.0 Å². The number of phenols is 1. The predicted octanol–water partition coefficient (Wildman–Crippen LogP) is 9.55. The maximum atomic E-state index is 13.6. The third kappa shape index (κ3) is 10.6.